The average molecular weight is 251 g/mol. The summed E-state index contributed by atoms with van der Waals surface area (Å²) < 4.78 is 0. The molecule has 2 atom stereocenters. The normalized spacial score (nSPS) is 19.8. The lowest BCUT2D eigenvalue weighted by molar-refractivity contribution is -0.122. The van der Waals surface area contributed by atoms with Gasteiger partial charge in [-0.3, -0.25) is 4.79 Å². The Labute approximate surface area is 106 Å². The largest absolute Gasteiger partial charge is 0.396 e. The van der Waals surface area contributed by atoms with Gasteiger partial charge >= 0.3 is 0 Å². The van der Waals surface area contributed by atoms with Crippen molar-refractivity contribution >= 4 is 17.7 Å². The SMILES string of the molecule is CC(CCO)NC(=O)C1CSc2ccccc21. The molecule has 0 radical (unpaired) electrons. The predicted octanol–water partition coefficient (Wildman–Crippen LogP) is 1.76. The molecule has 1 aliphatic rings. The standard InChI is InChI=1S/C13H17NO2S/c1-9(6-7-15)14-13(16)11-8-17-12-5-3-2-4-10(11)12/h2-5,9,11,15H,6-8H2,1H3,(H,14,16). The highest BCUT2D eigenvalue weighted by atomic mass is 32.2. The number of aliphatic hydroxyl groups is 1. The van der Waals surface area contributed by atoms with E-state index in [2.05, 4.69) is 11.4 Å². The van der Waals surface area contributed by atoms with E-state index in [0.717, 1.165) is 11.3 Å². The van der Waals surface area contributed by atoms with E-state index in [4.69, 9.17) is 5.11 Å². The third-order valence-corrected chi connectivity index (χ3v) is 4.15. The van der Waals surface area contributed by atoms with Gasteiger partial charge in [0.25, 0.3) is 0 Å². The number of amides is 1. The maximum atomic E-state index is 12.1. The van der Waals surface area contributed by atoms with Crippen LogP contribution in [0.3, 0.4) is 0 Å². The van der Waals surface area contributed by atoms with Crippen LogP contribution in [0.25, 0.3) is 0 Å². The van der Waals surface area contributed by atoms with Crippen LogP contribution >= 0.6 is 11.8 Å². The first-order valence-electron chi connectivity index (χ1n) is 5.85. The van der Waals surface area contributed by atoms with Gasteiger partial charge in [-0.25, -0.2) is 0 Å². The summed E-state index contributed by atoms with van der Waals surface area (Å²) in [7, 11) is 0. The molecule has 92 valence electrons. The Morgan fingerprint density at radius 1 is 1.59 bits per heavy atom. The molecule has 2 unspecified atom stereocenters. The zero-order valence-corrected chi connectivity index (χ0v) is 10.7. The van der Waals surface area contributed by atoms with Gasteiger partial charge in [0.05, 0.1) is 5.92 Å². The first kappa shape index (κ1) is 12.5. The first-order chi connectivity index (χ1) is 8.22. The second kappa shape index (κ2) is 5.56. The molecule has 0 saturated heterocycles. The van der Waals surface area contributed by atoms with Crippen LogP contribution in [0.1, 0.15) is 24.8 Å². The van der Waals surface area contributed by atoms with Crippen LogP contribution in [0.4, 0.5) is 0 Å². The Hall–Kier alpha value is -1.00. The van der Waals surface area contributed by atoms with Gasteiger partial charge in [0.1, 0.15) is 0 Å². The number of rotatable bonds is 4. The number of carbonyl (C=O) groups excluding carboxylic acids is 1. The molecule has 1 aliphatic heterocycles. The second-order valence-corrected chi connectivity index (χ2v) is 5.39. The van der Waals surface area contributed by atoms with E-state index in [9.17, 15) is 4.79 Å². The zero-order valence-electron chi connectivity index (χ0n) is 9.85. The van der Waals surface area contributed by atoms with Crippen molar-refractivity contribution in [2.24, 2.45) is 0 Å². The number of carbonyl (C=O) groups is 1. The van der Waals surface area contributed by atoms with Gasteiger partial charge in [-0.05, 0) is 25.0 Å². The monoisotopic (exact) mass is 251 g/mol. The lowest BCUT2D eigenvalue weighted by Gasteiger charge is -2.16. The van der Waals surface area contributed by atoms with Crippen LogP contribution in [0.5, 0.6) is 0 Å². The molecule has 1 amide bonds. The number of nitrogens with one attached hydrogen (secondary N) is 1. The molecule has 0 saturated carbocycles. The molecule has 0 spiro atoms. The summed E-state index contributed by atoms with van der Waals surface area (Å²) in [5, 5.41) is 11.8. The fourth-order valence-corrected chi connectivity index (χ4v) is 3.22. The van der Waals surface area contributed by atoms with E-state index in [1.54, 1.807) is 11.8 Å². The van der Waals surface area contributed by atoms with E-state index in [0.29, 0.717) is 6.42 Å². The fraction of sp³-hybridized carbons (Fsp3) is 0.462. The summed E-state index contributed by atoms with van der Waals surface area (Å²) in [6, 6.07) is 8.09. The zero-order chi connectivity index (χ0) is 12.3. The molecule has 1 heterocycles. The van der Waals surface area contributed by atoms with Crippen molar-refractivity contribution in [1.29, 1.82) is 0 Å². The Bertz CT molecular complexity index is 408. The molecule has 17 heavy (non-hydrogen) atoms. The van der Waals surface area contributed by atoms with Crippen molar-refractivity contribution in [3.63, 3.8) is 0 Å². The van der Waals surface area contributed by atoms with Crippen molar-refractivity contribution in [3.8, 4) is 0 Å². The summed E-state index contributed by atoms with van der Waals surface area (Å²) >= 11 is 1.73. The first-order valence-corrected chi connectivity index (χ1v) is 6.84. The number of thioether (sulfide) groups is 1. The average Bonchev–Trinajstić information content (AvgIpc) is 2.72. The number of fused-ring (bicyclic) bond motifs is 1. The molecule has 1 aromatic carbocycles. The summed E-state index contributed by atoms with van der Waals surface area (Å²) in [5.74, 6) is 0.845. The molecular formula is C13H17NO2S. The van der Waals surface area contributed by atoms with Crippen LogP contribution in [-0.2, 0) is 4.79 Å². The van der Waals surface area contributed by atoms with E-state index in [1.165, 1.54) is 4.90 Å². The van der Waals surface area contributed by atoms with Gasteiger partial charge in [-0.2, -0.15) is 0 Å². The minimum Gasteiger partial charge on any atom is -0.396 e. The van der Waals surface area contributed by atoms with E-state index < -0.39 is 0 Å². The smallest absolute Gasteiger partial charge is 0.228 e. The van der Waals surface area contributed by atoms with Crippen LogP contribution in [0.2, 0.25) is 0 Å². The molecule has 0 aromatic heterocycles. The number of aliphatic hydroxyl groups excluding tert-OH is 1. The Morgan fingerprint density at radius 3 is 3.12 bits per heavy atom. The Morgan fingerprint density at radius 2 is 2.35 bits per heavy atom. The number of benzene rings is 1. The van der Waals surface area contributed by atoms with Gasteiger partial charge < -0.3 is 10.4 Å². The van der Waals surface area contributed by atoms with E-state index >= 15 is 0 Å². The Balaban J connectivity index is 2.02. The highest BCUT2D eigenvalue weighted by molar-refractivity contribution is 7.99. The second-order valence-electron chi connectivity index (χ2n) is 4.32. The minimum atomic E-state index is -0.0441. The van der Waals surface area contributed by atoms with Crippen molar-refractivity contribution in [2.45, 2.75) is 30.2 Å². The number of hydrogen-bond acceptors (Lipinski definition) is 3. The maximum Gasteiger partial charge on any atom is 0.228 e. The molecule has 2 rings (SSSR count). The van der Waals surface area contributed by atoms with Crippen LogP contribution in [-0.4, -0.2) is 29.4 Å². The molecule has 1 aromatic rings. The highest BCUT2D eigenvalue weighted by Gasteiger charge is 2.29. The topological polar surface area (TPSA) is 49.3 Å². The van der Waals surface area contributed by atoms with Crippen molar-refractivity contribution in [2.75, 3.05) is 12.4 Å². The third-order valence-electron chi connectivity index (χ3n) is 2.97. The summed E-state index contributed by atoms with van der Waals surface area (Å²) in [6.07, 6.45) is 0.604. The van der Waals surface area contributed by atoms with Gasteiger partial charge in [-0.15, -0.1) is 11.8 Å². The van der Waals surface area contributed by atoms with Gasteiger partial charge in [-0.1, -0.05) is 18.2 Å². The highest BCUT2D eigenvalue weighted by Crippen LogP contribution is 2.39. The predicted molar refractivity (Wildman–Crippen MR) is 69.2 cm³/mol. The van der Waals surface area contributed by atoms with E-state index in [1.807, 2.05) is 25.1 Å². The minimum absolute atomic E-state index is 0.0327. The molecule has 3 nitrogen and oxygen atoms in total. The molecule has 0 aliphatic carbocycles. The summed E-state index contributed by atoms with van der Waals surface area (Å²) in [5.41, 5.74) is 1.13. The van der Waals surface area contributed by atoms with Crippen LogP contribution < -0.4 is 5.32 Å². The lowest BCUT2D eigenvalue weighted by atomic mass is 10.00. The molecule has 2 N–H and O–H groups in total. The van der Waals surface area contributed by atoms with Crippen LogP contribution in [0.15, 0.2) is 29.2 Å². The van der Waals surface area contributed by atoms with Crippen molar-refractivity contribution < 1.29 is 9.90 Å². The fourth-order valence-electron chi connectivity index (χ4n) is 1.99. The molecular weight excluding hydrogens is 234 g/mol. The third kappa shape index (κ3) is 2.82. The Kier molecular flexibility index (Phi) is 4.07. The molecule has 0 fully saturated rings. The lowest BCUT2D eigenvalue weighted by Crippen LogP contribution is -2.36. The van der Waals surface area contributed by atoms with Gasteiger partial charge in [0.2, 0.25) is 5.91 Å². The quantitative estimate of drug-likeness (QED) is 0.857. The summed E-state index contributed by atoms with van der Waals surface area (Å²) in [6.45, 7) is 2.03. The molecule has 0 bridgehead atoms. The van der Waals surface area contributed by atoms with Gasteiger partial charge in [0.15, 0.2) is 0 Å². The molecule has 4 heteroatoms. The van der Waals surface area contributed by atoms with E-state index in [-0.39, 0.29) is 24.5 Å². The van der Waals surface area contributed by atoms with Crippen molar-refractivity contribution in [3.05, 3.63) is 29.8 Å². The van der Waals surface area contributed by atoms with Crippen molar-refractivity contribution in [1.82, 2.24) is 5.32 Å². The maximum absolute atomic E-state index is 12.1. The number of hydrogen-bond donors (Lipinski definition) is 2. The van der Waals surface area contributed by atoms with Crippen LogP contribution in [0, 0.1) is 0 Å². The summed E-state index contributed by atoms with van der Waals surface area (Å²) in [4.78, 5) is 13.3. The van der Waals surface area contributed by atoms with Gasteiger partial charge in [0, 0.05) is 23.3 Å².